The van der Waals surface area contributed by atoms with Crippen molar-refractivity contribution in [1.29, 1.82) is 0 Å². The quantitative estimate of drug-likeness (QED) is 0.629. The molecule has 5 heteroatoms. The summed E-state index contributed by atoms with van der Waals surface area (Å²) in [6.45, 7) is 1.32. The number of likely N-dealkylation sites (N-methyl/N-ethyl adjacent to an activating group) is 1. The molecule has 0 spiro atoms. The lowest BCUT2D eigenvalue weighted by Crippen LogP contribution is -2.44. The summed E-state index contributed by atoms with van der Waals surface area (Å²) in [5.74, 6) is -1.35. The Labute approximate surface area is 70.9 Å². The van der Waals surface area contributed by atoms with Crippen molar-refractivity contribution >= 4 is 11.9 Å². The first kappa shape index (κ1) is 10.9. The molecule has 0 saturated carbocycles. The second kappa shape index (κ2) is 4.71. The van der Waals surface area contributed by atoms with Crippen LogP contribution in [0.3, 0.4) is 0 Å². The summed E-state index contributed by atoms with van der Waals surface area (Å²) in [5.41, 5.74) is 0. The number of ether oxygens (including phenoxy) is 1. The number of methoxy groups -OCH3 is 1. The summed E-state index contributed by atoms with van der Waals surface area (Å²) in [6, 6.07) is -0.896. The molecule has 0 aliphatic rings. The van der Waals surface area contributed by atoms with Crippen molar-refractivity contribution in [3.05, 3.63) is 0 Å². The van der Waals surface area contributed by atoms with E-state index in [4.69, 9.17) is 5.11 Å². The molecule has 0 saturated heterocycles. The van der Waals surface area contributed by atoms with Gasteiger partial charge < -0.3 is 14.7 Å². The lowest BCUT2D eigenvalue weighted by Gasteiger charge is -2.22. The van der Waals surface area contributed by atoms with Crippen molar-refractivity contribution in [3.8, 4) is 0 Å². The summed E-state index contributed by atoms with van der Waals surface area (Å²) in [7, 11) is 2.82. The first-order chi connectivity index (χ1) is 5.50. The molecule has 0 radical (unpaired) electrons. The zero-order chi connectivity index (χ0) is 9.72. The number of aliphatic carboxylic acids is 1. The summed E-state index contributed by atoms with van der Waals surface area (Å²) >= 11 is 0. The van der Waals surface area contributed by atoms with Gasteiger partial charge in [0.1, 0.15) is 0 Å². The normalized spacial score (nSPS) is 12.2. The van der Waals surface area contributed by atoms with Crippen LogP contribution in [0.2, 0.25) is 0 Å². The fraction of sp³-hybridized carbons (Fsp3) is 0.714. The number of hydrogen-bond donors (Lipinski definition) is 1. The Balaban J connectivity index is 4.28. The number of carboxylic acid groups (broad SMARTS) is 1. The van der Waals surface area contributed by atoms with E-state index >= 15 is 0 Å². The number of rotatable bonds is 4. The van der Waals surface area contributed by atoms with Gasteiger partial charge in [-0.1, -0.05) is 0 Å². The van der Waals surface area contributed by atoms with Crippen LogP contribution < -0.4 is 0 Å². The summed E-state index contributed by atoms with van der Waals surface area (Å²) in [6.07, 6.45) is 0. The molecule has 0 rings (SSSR count). The number of amides is 1. The van der Waals surface area contributed by atoms with Gasteiger partial charge in [0.25, 0.3) is 0 Å². The zero-order valence-electron chi connectivity index (χ0n) is 7.40. The van der Waals surface area contributed by atoms with Gasteiger partial charge in [-0.15, -0.1) is 0 Å². The fourth-order valence-electron chi connectivity index (χ4n) is 0.726. The van der Waals surface area contributed by atoms with Crippen molar-refractivity contribution in [3.63, 3.8) is 0 Å². The van der Waals surface area contributed by atoms with E-state index in [-0.39, 0.29) is 12.5 Å². The predicted octanol–water partition coefficient (Wildman–Crippen LogP) is -0.436. The van der Waals surface area contributed by atoms with Crippen LogP contribution in [0.25, 0.3) is 0 Å². The summed E-state index contributed by atoms with van der Waals surface area (Å²) < 4.78 is 4.66. The molecule has 0 heterocycles. The van der Waals surface area contributed by atoms with E-state index in [9.17, 15) is 9.59 Å². The molecule has 0 fully saturated rings. The van der Waals surface area contributed by atoms with Crippen LogP contribution in [0, 0.1) is 0 Å². The summed E-state index contributed by atoms with van der Waals surface area (Å²) in [4.78, 5) is 22.5. The maximum atomic E-state index is 10.8. The Kier molecular flexibility index (Phi) is 4.28. The maximum absolute atomic E-state index is 10.8. The molecule has 1 amide bonds. The van der Waals surface area contributed by atoms with Gasteiger partial charge in [-0.25, -0.2) is 4.79 Å². The van der Waals surface area contributed by atoms with Crippen LogP contribution in [0.4, 0.5) is 0 Å². The van der Waals surface area contributed by atoms with Gasteiger partial charge in [-0.05, 0) is 0 Å². The van der Waals surface area contributed by atoms with E-state index in [1.807, 2.05) is 0 Å². The van der Waals surface area contributed by atoms with Crippen LogP contribution in [0.1, 0.15) is 6.92 Å². The Morgan fingerprint density at radius 3 is 2.33 bits per heavy atom. The first-order valence-corrected chi connectivity index (χ1v) is 3.45. The second-order valence-corrected chi connectivity index (χ2v) is 2.44. The fourth-order valence-corrected chi connectivity index (χ4v) is 0.726. The lowest BCUT2D eigenvalue weighted by molar-refractivity contribution is -0.150. The Bertz CT molecular complexity index is 180. The Hall–Kier alpha value is -1.10. The molecule has 0 aromatic carbocycles. The second-order valence-electron chi connectivity index (χ2n) is 2.44. The van der Waals surface area contributed by atoms with Crippen LogP contribution in [-0.2, 0) is 14.3 Å². The average molecular weight is 175 g/mol. The van der Waals surface area contributed by atoms with Crippen molar-refractivity contribution in [2.45, 2.75) is 13.0 Å². The predicted molar refractivity (Wildman–Crippen MR) is 41.7 cm³/mol. The van der Waals surface area contributed by atoms with Crippen LogP contribution >= 0.6 is 0 Å². The van der Waals surface area contributed by atoms with Crippen molar-refractivity contribution in [1.82, 2.24) is 4.90 Å². The molecule has 0 aliphatic heterocycles. The number of carbonyl (C=O) groups is 2. The van der Waals surface area contributed by atoms with Crippen molar-refractivity contribution in [2.24, 2.45) is 0 Å². The smallest absolute Gasteiger partial charge is 0.328 e. The highest BCUT2D eigenvalue weighted by Crippen LogP contribution is 1.97. The van der Waals surface area contributed by atoms with Gasteiger partial charge in [0.15, 0.2) is 6.04 Å². The largest absolute Gasteiger partial charge is 0.480 e. The minimum atomic E-state index is -1.06. The van der Waals surface area contributed by atoms with Gasteiger partial charge in [0, 0.05) is 21.1 Å². The number of hydrogen-bond acceptors (Lipinski definition) is 3. The Morgan fingerprint density at radius 1 is 1.58 bits per heavy atom. The molecule has 70 valence electrons. The third-order valence-electron chi connectivity index (χ3n) is 1.57. The van der Waals surface area contributed by atoms with E-state index in [1.54, 1.807) is 0 Å². The van der Waals surface area contributed by atoms with Crippen LogP contribution in [0.5, 0.6) is 0 Å². The van der Waals surface area contributed by atoms with Gasteiger partial charge in [0.2, 0.25) is 5.91 Å². The third kappa shape index (κ3) is 2.87. The highest BCUT2D eigenvalue weighted by atomic mass is 16.5. The zero-order valence-corrected chi connectivity index (χ0v) is 7.40. The van der Waals surface area contributed by atoms with E-state index in [2.05, 4.69) is 4.74 Å². The Morgan fingerprint density at radius 2 is 2.08 bits per heavy atom. The van der Waals surface area contributed by atoms with Gasteiger partial charge >= 0.3 is 5.97 Å². The molecule has 12 heavy (non-hydrogen) atoms. The van der Waals surface area contributed by atoms with Crippen molar-refractivity contribution < 1.29 is 19.4 Å². The standard InChI is InChI=1S/C7H13NO4/c1-5(9)8(2)6(4-12-3)7(10)11/h6H,4H2,1-3H3,(H,10,11). The minimum Gasteiger partial charge on any atom is -0.480 e. The SMILES string of the molecule is COCC(C(=O)O)N(C)C(C)=O. The number of nitrogens with zero attached hydrogens (tertiary/aromatic N) is 1. The highest BCUT2D eigenvalue weighted by molar-refractivity contribution is 5.82. The van der Waals surface area contributed by atoms with E-state index in [1.165, 1.54) is 21.1 Å². The van der Waals surface area contributed by atoms with Crippen LogP contribution in [-0.4, -0.2) is 48.7 Å². The lowest BCUT2D eigenvalue weighted by atomic mass is 10.3. The van der Waals surface area contributed by atoms with Gasteiger partial charge in [-0.3, -0.25) is 4.79 Å². The molecule has 1 N–H and O–H groups in total. The van der Waals surface area contributed by atoms with E-state index < -0.39 is 12.0 Å². The monoisotopic (exact) mass is 175 g/mol. The molecule has 0 aromatic rings. The maximum Gasteiger partial charge on any atom is 0.328 e. The molecule has 5 nitrogen and oxygen atoms in total. The van der Waals surface area contributed by atoms with Crippen LogP contribution in [0.15, 0.2) is 0 Å². The van der Waals surface area contributed by atoms with E-state index in [0.29, 0.717) is 0 Å². The molecule has 0 aliphatic carbocycles. The average Bonchev–Trinajstić information content (AvgIpc) is 1.98. The topological polar surface area (TPSA) is 66.8 Å². The van der Waals surface area contributed by atoms with Crippen molar-refractivity contribution in [2.75, 3.05) is 20.8 Å². The number of carboxylic acids is 1. The third-order valence-corrected chi connectivity index (χ3v) is 1.57. The molecular weight excluding hydrogens is 162 g/mol. The molecule has 1 atom stereocenters. The molecule has 0 bridgehead atoms. The van der Waals surface area contributed by atoms with Gasteiger partial charge in [0.05, 0.1) is 6.61 Å². The molecule has 0 aromatic heterocycles. The minimum absolute atomic E-state index is 0.00537. The molecule has 1 unspecified atom stereocenters. The summed E-state index contributed by atoms with van der Waals surface area (Å²) in [5, 5.41) is 8.65. The van der Waals surface area contributed by atoms with E-state index in [0.717, 1.165) is 4.90 Å². The van der Waals surface area contributed by atoms with Gasteiger partial charge in [-0.2, -0.15) is 0 Å². The first-order valence-electron chi connectivity index (χ1n) is 3.45. The highest BCUT2D eigenvalue weighted by Gasteiger charge is 2.23. The number of carbonyl (C=O) groups excluding carboxylic acids is 1. The molecular formula is C7H13NO4.